The number of aliphatic hydroxyl groups is 1. The van der Waals surface area contributed by atoms with Crippen molar-refractivity contribution in [1.29, 1.82) is 0 Å². The number of carbonyl (C=O) groups is 1. The Morgan fingerprint density at radius 2 is 2.03 bits per heavy atom. The highest BCUT2D eigenvalue weighted by molar-refractivity contribution is 5.97. The highest BCUT2D eigenvalue weighted by Crippen LogP contribution is 2.37. The topological polar surface area (TPSA) is 114 Å². The number of carbonyl (C=O) groups excluding carboxylic acids is 1. The number of nitrogens with one attached hydrogen (secondary N) is 2. The summed E-state index contributed by atoms with van der Waals surface area (Å²) in [5, 5.41) is 21.3. The Balaban J connectivity index is 0.00000294. The molecule has 3 heterocycles. The first-order valence-corrected chi connectivity index (χ1v) is 12.7. The summed E-state index contributed by atoms with van der Waals surface area (Å²) in [5.74, 6) is 2.11. The van der Waals surface area contributed by atoms with Gasteiger partial charge in [-0.2, -0.15) is 14.6 Å². The van der Waals surface area contributed by atoms with Gasteiger partial charge in [0.15, 0.2) is 5.65 Å². The fraction of sp³-hybridized carbons (Fsp3) is 0.357. The van der Waals surface area contributed by atoms with E-state index in [1.165, 1.54) is 0 Å². The van der Waals surface area contributed by atoms with E-state index in [0.29, 0.717) is 41.3 Å². The van der Waals surface area contributed by atoms with Gasteiger partial charge in [-0.3, -0.25) is 9.78 Å². The normalized spacial score (nSPS) is 20.3. The van der Waals surface area contributed by atoms with Gasteiger partial charge in [0.05, 0.1) is 18.0 Å². The maximum absolute atomic E-state index is 12.6. The number of hydrogen-bond acceptors (Lipinski definition) is 7. The van der Waals surface area contributed by atoms with Crippen molar-refractivity contribution < 1.29 is 14.6 Å². The number of nitrogens with zero attached hydrogens (tertiary/aromatic N) is 4. The van der Waals surface area contributed by atoms with Crippen molar-refractivity contribution in [3.63, 3.8) is 0 Å². The van der Waals surface area contributed by atoms with E-state index >= 15 is 0 Å². The van der Waals surface area contributed by atoms with Crippen LogP contribution in [0.25, 0.3) is 16.8 Å². The van der Waals surface area contributed by atoms with E-state index in [4.69, 9.17) is 9.72 Å². The van der Waals surface area contributed by atoms with Crippen molar-refractivity contribution in [2.24, 2.45) is 5.92 Å². The Kier molecular flexibility index (Phi) is 6.98. The lowest BCUT2D eigenvalue weighted by Crippen LogP contribution is -2.43. The van der Waals surface area contributed by atoms with Gasteiger partial charge in [-0.15, -0.1) is 12.4 Å². The van der Waals surface area contributed by atoms with Crippen LogP contribution in [0.15, 0.2) is 55.0 Å². The van der Waals surface area contributed by atoms with E-state index in [1.807, 2.05) is 50.2 Å². The number of anilines is 1. The molecule has 10 heteroatoms. The van der Waals surface area contributed by atoms with Crippen LogP contribution in [-0.2, 0) is 0 Å². The number of pyridine rings is 1. The molecule has 0 atom stereocenters. The summed E-state index contributed by atoms with van der Waals surface area (Å²) in [7, 11) is 0. The van der Waals surface area contributed by atoms with Crippen molar-refractivity contribution in [3.8, 4) is 22.8 Å². The first-order chi connectivity index (χ1) is 17.8. The van der Waals surface area contributed by atoms with Crippen molar-refractivity contribution in [2.75, 3.05) is 11.9 Å². The Hall–Kier alpha value is -3.69. The highest BCUT2D eigenvalue weighted by atomic mass is 35.5. The molecule has 9 nitrogen and oxygen atoms in total. The first-order valence-electron chi connectivity index (χ1n) is 12.7. The van der Waals surface area contributed by atoms with Crippen LogP contribution in [0.2, 0.25) is 0 Å². The number of fused-ring (bicyclic) bond motifs is 1. The number of aryl methyl sites for hydroxylation is 1. The molecule has 0 spiro atoms. The molecule has 2 saturated carbocycles. The average Bonchev–Trinajstić information content (AvgIpc) is 3.57. The molecule has 0 radical (unpaired) electrons. The molecule has 0 bridgehead atoms. The number of halogens is 1. The van der Waals surface area contributed by atoms with Crippen molar-refractivity contribution in [3.05, 3.63) is 66.1 Å². The van der Waals surface area contributed by atoms with E-state index in [1.54, 1.807) is 23.1 Å². The molecule has 2 fully saturated rings. The summed E-state index contributed by atoms with van der Waals surface area (Å²) in [6, 6.07) is 11.6. The van der Waals surface area contributed by atoms with Crippen LogP contribution in [-0.4, -0.2) is 48.8 Å². The summed E-state index contributed by atoms with van der Waals surface area (Å²) in [5.41, 5.74) is 3.39. The van der Waals surface area contributed by atoms with Gasteiger partial charge in [-0.25, -0.2) is 0 Å². The summed E-state index contributed by atoms with van der Waals surface area (Å²) >= 11 is 0. The molecule has 0 unspecified atom stereocenters. The van der Waals surface area contributed by atoms with E-state index in [-0.39, 0.29) is 18.3 Å². The van der Waals surface area contributed by atoms with E-state index in [0.717, 1.165) is 48.2 Å². The standard InChI is InChI=1S/C28H30N6O3.ClH/c1-17-10-19(5-8-22(17)27(35)32-20-6-7-20)23-16-31-34-24(30-14-18-12-28(2,36)13-18)11-25(33-26(23)34)37-21-4-3-9-29-15-21;/h3-5,8-11,15-16,18,20,30,36H,6-7,12-14H2,1-2H3,(H,32,35);1H/t18-,28+;. The minimum atomic E-state index is -0.576. The fourth-order valence-electron chi connectivity index (χ4n) is 5.00. The molecule has 0 aliphatic heterocycles. The second-order valence-corrected chi connectivity index (χ2v) is 10.5. The number of benzene rings is 1. The molecular formula is C28H31ClN6O3. The second-order valence-electron chi connectivity index (χ2n) is 10.5. The maximum Gasteiger partial charge on any atom is 0.251 e. The first kappa shape index (κ1) is 25.9. The van der Waals surface area contributed by atoms with Gasteiger partial charge in [0.2, 0.25) is 5.88 Å². The van der Waals surface area contributed by atoms with E-state index in [2.05, 4.69) is 20.7 Å². The quantitative estimate of drug-likeness (QED) is 0.298. The maximum atomic E-state index is 12.6. The zero-order valence-electron chi connectivity index (χ0n) is 21.3. The molecule has 6 rings (SSSR count). The average molecular weight is 535 g/mol. The SMILES string of the molecule is Cc1cc(-c2cnn3c(NC[C@H]4C[C@@](C)(O)C4)cc(Oc4cccnc4)nc23)ccc1C(=O)NC1CC1.Cl. The van der Waals surface area contributed by atoms with Gasteiger partial charge in [0.25, 0.3) is 5.91 Å². The number of rotatable bonds is 8. The Bertz CT molecular complexity index is 1460. The third-order valence-electron chi connectivity index (χ3n) is 7.03. The van der Waals surface area contributed by atoms with Crippen molar-refractivity contribution in [2.45, 2.75) is 51.2 Å². The smallest absolute Gasteiger partial charge is 0.251 e. The van der Waals surface area contributed by atoms with Gasteiger partial charge in [-0.1, -0.05) is 12.1 Å². The molecule has 2 aliphatic rings. The summed E-state index contributed by atoms with van der Waals surface area (Å²) < 4.78 is 7.81. The van der Waals surface area contributed by atoms with Crippen molar-refractivity contribution in [1.82, 2.24) is 24.9 Å². The monoisotopic (exact) mass is 534 g/mol. The predicted octanol–water partition coefficient (Wildman–Crippen LogP) is 4.78. The molecule has 4 aromatic rings. The Morgan fingerprint density at radius 3 is 2.71 bits per heavy atom. The zero-order valence-corrected chi connectivity index (χ0v) is 22.2. The minimum Gasteiger partial charge on any atom is -0.437 e. The summed E-state index contributed by atoms with van der Waals surface area (Å²) in [6.07, 6.45) is 8.74. The van der Waals surface area contributed by atoms with Crippen LogP contribution < -0.4 is 15.4 Å². The lowest BCUT2D eigenvalue weighted by atomic mass is 9.72. The Morgan fingerprint density at radius 1 is 1.21 bits per heavy atom. The molecule has 38 heavy (non-hydrogen) atoms. The van der Waals surface area contributed by atoms with Gasteiger partial charge >= 0.3 is 0 Å². The second kappa shape index (κ2) is 10.2. The van der Waals surface area contributed by atoms with Crippen LogP contribution >= 0.6 is 12.4 Å². The molecular weight excluding hydrogens is 504 g/mol. The summed E-state index contributed by atoms with van der Waals surface area (Å²) in [6.45, 7) is 4.53. The van der Waals surface area contributed by atoms with Gasteiger partial charge in [-0.05, 0) is 74.8 Å². The molecule has 3 N–H and O–H groups in total. The molecule has 2 aliphatic carbocycles. The van der Waals surface area contributed by atoms with Crippen LogP contribution in [0.3, 0.4) is 0 Å². The van der Waals surface area contributed by atoms with Crippen LogP contribution in [0.4, 0.5) is 5.82 Å². The molecule has 1 aromatic carbocycles. The fourth-order valence-corrected chi connectivity index (χ4v) is 5.00. The zero-order chi connectivity index (χ0) is 25.6. The van der Waals surface area contributed by atoms with Gasteiger partial charge in [0, 0.05) is 36.0 Å². The molecule has 0 saturated heterocycles. The molecule has 3 aromatic heterocycles. The number of aromatic nitrogens is 4. The lowest BCUT2D eigenvalue weighted by molar-refractivity contribution is -0.0524. The largest absolute Gasteiger partial charge is 0.437 e. The van der Waals surface area contributed by atoms with Crippen molar-refractivity contribution >= 4 is 29.8 Å². The lowest BCUT2D eigenvalue weighted by Gasteiger charge is -2.41. The highest BCUT2D eigenvalue weighted by Gasteiger charge is 2.38. The predicted molar refractivity (Wildman–Crippen MR) is 147 cm³/mol. The third kappa shape index (κ3) is 5.44. The Labute approximate surface area is 227 Å². The third-order valence-corrected chi connectivity index (χ3v) is 7.03. The number of ether oxygens (including phenoxy) is 1. The minimum absolute atomic E-state index is 0. The van der Waals surface area contributed by atoms with E-state index in [9.17, 15) is 9.90 Å². The number of hydrogen-bond donors (Lipinski definition) is 3. The van der Waals surface area contributed by atoms with Crippen LogP contribution in [0.1, 0.15) is 48.5 Å². The molecule has 1 amide bonds. The van der Waals surface area contributed by atoms with Gasteiger partial charge < -0.3 is 20.5 Å². The number of amides is 1. The van der Waals surface area contributed by atoms with E-state index < -0.39 is 5.60 Å². The molecule has 198 valence electrons. The van der Waals surface area contributed by atoms with Gasteiger partial charge in [0.1, 0.15) is 11.6 Å². The van der Waals surface area contributed by atoms with Crippen LogP contribution in [0.5, 0.6) is 11.6 Å². The summed E-state index contributed by atoms with van der Waals surface area (Å²) in [4.78, 5) is 21.5. The van der Waals surface area contributed by atoms with Crippen LogP contribution in [0, 0.1) is 12.8 Å².